The molecule has 0 saturated heterocycles. The molecule has 0 aromatic heterocycles. The molecule has 8 heteroatoms. The van der Waals surface area contributed by atoms with Crippen molar-refractivity contribution in [2.24, 2.45) is 0 Å². The summed E-state index contributed by atoms with van der Waals surface area (Å²) in [5.74, 6) is -0.786. The Balaban J connectivity index is 3.61. The van der Waals surface area contributed by atoms with E-state index in [2.05, 4.69) is 14.8 Å². The van der Waals surface area contributed by atoms with E-state index in [0.717, 1.165) is 0 Å². The quantitative estimate of drug-likeness (QED) is 0.378. The van der Waals surface area contributed by atoms with Crippen molar-refractivity contribution in [2.75, 3.05) is 46.2 Å². The fourth-order valence-electron chi connectivity index (χ4n) is 0.986. The minimum absolute atomic E-state index is 0.136. The Labute approximate surface area is 102 Å². The fraction of sp³-hybridized carbons (Fsp3) is 0.889. The molecule has 0 aromatic rings. The number of sulfonamides is 1. The van der Waals surface area contributed by atoms with Crippen LogP contribution in [0.2, 0.25) is 0 Å². The summed E-state index contributed by atoms with van der Waals surface area (Å²) < 4.78 is 34.3. The third kappa shape index (κ3) is 10.2. The first-order chi connectivity index (χ1) is 8.02. The molecule has 0 amide bonds. The van der Waals surface area contributed by atoms with Gasteiger partial charge in [-0.05, 0) is 0 Å². The van der Waals surface area contributed by atoms with Crippen LogP contribution in [0.1, 0.15) is 6.42 Å². The van der Waals surface area contributed by atoms with Gasteiger partial charge in [0.1, 0.15) is 0 Å². The molecule has 0 aliphatic heterocycles. The molecular weight excluding hydrogens is 248 g/mol. The maximum atomic E-state index is 11.4. The molecule has 7 nitrogen and oxygen atoms in total. The molecule has 0 atom stereocenters. The van der Waals surface area contributed by atoms with E-state index in [9.17, 15) is 13.2 Å². The van der Waals surface area contributed by atoms with Crippen molar-refractivity contribution in [1.82, 2.24) is 10.0 Å². The van der Waals surface area contributed by atoms with E-state index in [1.807, 2.05) is 0 Å². The van der Waals surface area contributed by atoms with Crippen LogP contribution < -0.4 is 10.0 Å². The Morgan fingerprint density at radius 3 is 2.47 bits per heavy atom. The summed E-state index contributed by atoms with van der Waals surface area (Å²) in [6.07, 6.45) is -0.136. The molecule has 102 valence electrons. The highest BCUT2D eigenvalue weighted by molar-refractivity contribution is 7.89. The number of nitrogens with one attached hydrogen (secondary N) is 2. The second-order valence-electron chi connectivity index (χ2n) is 3.28. The Bertz CT molecular complexity index is 305. The van der Waals surface area contributed by atoms with E-state index in [1.54, 1.807) is 7.11 Å². The topological polar surface area (TPSA) is 93.7 Å². The lowest BCUT2D eigenvalue weighted by atomic mass is 10.5. The standard InChI is InChI=1S/C9H20N2O5S/c1-15-7-6-10-4-5-11-17(13,14)8-3-9(12)16-2/h10-11H,3-8H2,1-2H3. The maximum Gasteiger partial charge on any atom is 0.306 e. The van der Waals surface area contributed by atoms with E-state index < -0.39 is 16.0 Å². The van der Waals surface area contributed by atoms with E-state index in [4.69, 9.17) is 4.74 Å². The monoisotopic (exact) mass is 268 g/mol. The van der Waals surface area contributed by atoms with Crippen LogP contribution in [0, 0.1) is 0 Å². The highest BCUT2D eigenvalue weighted by Gasteiger charge is 2.12. The number of rotatable bonds is 10. The lowest BCUT2D eigenvalue weighted by molar-refractivity contribution is -0.140. The van der Waals surface area contributed by atoms with Crippen LogP contribution in [-0.2, 0) is 24.3 Å². The molecule has 0 rings (SSSR count). The Morgan fingerprint density at radius 1 is 1.18 bits per heavy atom. The number of hydrogen-bond acceptors (Lipinski definition) is 6. The van der Waals surface area contributed by atoms with Gasteiger partial charge in [-0.2, -0.15) is 0 Å². The van der Waals surface area contributed by atoms with Gasteiger partial charge >= 0.3 is 5.97 Å². The summed E-state index contributed by atoms with van der Waals surface area (Å²) >= 11 is 0. The summed E-state index contributed by atoms with van der Waals surface area (Å²) in [6, 6.07) is 0. The van der Waals surface area contributed by atoms with Crippen LogP contribution in [0.4, 0.5) is 0 Å². The predicted molar refractivity (Wildman–Crippen MR) is 63.2 cm³/mol. The van der Waals surface area contributed by atoms with E-state index in [-0.39, 0.29) is 18.7 Å². The maximum absolute atomic E-state index is 11.4. The minimum atomic E-state index is -3.40. The van der Waals surface area contributed by atoms with Gasteiger partial charge in [0.2, 0.25) is 10.0 Å². The van der Waals surface area contributed by atoms with Crippen LogP contribution in [-0.4, -0.2) is 60.6 Å². The number of hydrogen-bond donors (Lipinski definition) is 2. The first-order valence-corrected chi connectivity index (χ1v) is 6.91. The Kier molecular flexibility index (Phi) is 8.96. The van der Waals surface area contributed by atoms with Gasteiger partial charge in [-0.15, -0.1) is 0 Å². The summed E-state index contributed by atoms with van der Waals surface area (Å²) in [5, 5.41) is 2.99. The average Bonchev–Trinajstić information content (AvgIpc) is 2.30. The average molecular weight is 268 g/mol. The van der Waals surface area contributed by atoms with Gasteiger partial charge in [0.05, 0.1) is 25.9 Å². The predicted octanol–water partition coefficient (Wildman–Crippen LogP) is -1.30. The largest absolute Gasteiger partial charge is 0.469 e. The number of ether oxygens (including phenoxy) is 2. The molecule has 0 bridgehead atoms. The van der Waals surface area contributed by atoms with Crippen LogP contribution in [0.3, 0.4) is 0 Å². The fourth-order valence-corrected chi connectivity index (χ4v) is 1.98. The molecule has 2 N–H and O–H groups in total. The van der Waals surface area contributed by atoms with Crippen molar-refractivity contribution in [3.05, 3.63) is 0 Å². The Hall–Kier alpha value is -0.700. The highest BCUT2D eigenvalue weighted by atomic mass is 32.2. The van der Waals surface area contributed by atoms with Gasteiger partial charge in [0.25, 0.3) is 0 Å². The van der Waals surface area contributed by atoms with Crippen molar-refractivity contribution in [2.45, 2.75) is 6.42 Å². The van der Waals surface area contributed by atoms with Gasteiger partial charge in [0, 0.05) is 26.7 Å². The Morgan fingerprint density at radius 2 is 1.88 bits per heavy atom. The first kappa shape index (κ1) is 16.3. The second-order valence-corrected chi connectivity index (χ2v) is 5.21. The van der Waals surface area contributed by atoms with E-state index >= 15 is 0 Å². The molecule has 0 aliphatic carbocycles. The molecule has 17 heavy (non-hydrogen) atoms. The van der Waals surface area contributed by atoms with Crippen LogP contribution in [0.15, 0.2) is 0 Å². The molecule has 0 heterocycles. The molecular formula is C9H20N2O5S. The van der Waals surface area contributed by atoms with Crippen LogP contribution >= 0.6 is 0 Å². The molecule has 0 saturated carbocycles. The number of carbonyl (C=O) groups excluding carboxylic acids is 1. The zero-order chi connectivity index (χ0) is 13.1. The summed E-state index contributed by atoms with van der Waals surface area (Å²) in [7, 11) is -0.583. The van der Waals surface area contributed by atoms with Crippen molar-refractivity contribution < 1.29 is 22.7 Å². The molecule has 0 unspecified atom stereocenters. The van der Waals surface area contributed by atoms with Gasteiger partial charge < -0.3 is 14.8 Å². The van der Waals surface area contributed by atoms with Crippen molar-refractivity contribution in [1.29, 1.82) is 0 Å². The zero-order valence-electron chi connectivity index (χ0n) is 10.2. The molecule has 0 aromatic carbocycles. The third-order valence-corrected chi connectivity index (χ3v) is 3.29. The van der Waals surface area contributed by atoms with Crippen molar-refractivity contribution in [3.63, 3.8) is 0 Å². The molecule has 0 fully saturated rings. The first-order valence-electron chi connectivity index (χ1n) is 5.25. The van der Waals surface area contributed by atoms with E-state index in [0.29, 0.717) is 19.7 Å². The molecule has 0 spiro atoms. The number of esters is 1. The number of carbonyl (C=O) groups is 1. The molecule has 0 radical (unpaired) electrons. The van der Waals surface area contributed by atoms with Crippen LogP contribution in [0.5, 0.6) is 0 Å². The van der Waals surface area contributed by atoms with Crippen molar-refractivity contribution >= 4 is 16.0 Å². The third-order valence-electron chi connectivity index (χ3n) is 1.91. The highest BCUT2D eigenvalue weighted by Crippen LogP contribution is 1.91. The second kappa shape index (κ2) is 9.34. The van der Waals surface area contributed by atoms with Crippen molar-refractivity contribution in [3.8, 4) is 0 Å². The SMILES string of the molecule is COCCNCCNS(=O)(=O)CCC(=O)OC. The van der Waals surface area contributed by atoms with Gasteiger partial charge in [-0.3, -0.25) is 4.79 Å². The van der Waals surface area contributed by atoms with Crippen LogP contribution in [0.25, 0.3) is 0 Å². The summed E-state index contributed by atoms with van der Waals surface area (Å²) in [4.78, 5) is 10.8. The lowest BCUT2D eigenvalue weighted by Crippen LogP contribution is -2.34. The summed E-state index contributed by atoms with van der Waals surface area (Å²) in [5.41, 5.74) is 0. The lowest BCUT2D eigenvalue weighted by Gasteiger charge is -2.07. The van der Waals surface area contributed by atoms with E-state index in [1.165, 1.54) is 7.11 Å². The summed E-state index contributed by atoms with van der Waals surface area (Å²) in [6.45, 7) is 2.05. The zero-order valence-corrected chi connectivity index (χ0v) is 11.0. The molecule has 0 aliphatic rings. The minimum Gasteiger partial charge on any atom is -0.469 e. The van der Waals surface area contributed by atoms with Gasteiger partial charge in [-0.25, -0.2) is 13.1 Å². The smallest absolute Gasteiger partial charge is 0.306 e. The normalized spacial score (nSPS) is 11.4. The van der Waals surface area contributed by atoms with Gasteiger partial charge in [-0.1, -0.05) is 0 Å². The van der Waals surface area contributed by atoms with Gasteiger partial charge in [0.15, 0.2) is 0 Å². The number of methoxy groups -OCH3 is 2.